The van der Waals surface area contributed by atoms with Gasteiger partial charge in [-0.3, -0.25) is 9.59 Å². The highest BCUT2D eigenvalue weighted by Crippen LogP contribution is 2.35. The van der Waals surface area contributed by atoms with E-state index >= 15 is 0 Å². The molecule has 0 spiro atoms. The lowest BCUT2D eigenvalue weighted by atomic mass is 9.95. The third-order valence-corrected chi connectivity index (χ3v) is 4.38. The predicted octanol–water partition coefficient (Wildman–Crippen LogP) is 2.72. The largest absolute Gasteiger partial charge is 0.353 e. The predicted molar refractivity (Wildman–Crippen MR) is 73.3 cm³/mol. The zero-order valence-electron chi connectivity index (χ0n) is 11.2. The van der Waals surface area contributed by atoms with Crippen LogP contribution in [-0.4, -0.2) is 17.7 Å². The van der Waals surface area contributed by atoms with Gasteiger partial charge in [0, 0.05) is 18.0 Å². The molecule has 0 aromatic heterocycles. The van der Waals surface area contributed by atoms with Gasteiger partial charge in [-0.05, 0) is 30.9 Å². The summed E-state index contributed by atoms with van der Waals surface area (Å²) in [5, 5.41) is 3.12. The van der Waals surface area contributed by atoms with Gasteiger partial charge in [-0.2, -0.15) is 0 Å². The summed E-state index contributed by atoms with van der Waals surface area (Å²) in [6.07, 6.45) is 4.88. The van der Waals surface area contributed by atoms with Crippen LogP contribution in [-0.2, 0) is 4.79 Å². The van der Waals surface area contributed by atoms with E-state index in [1.165, 1.54) is 12.8 Å². The van der Waals surface area contributed by atoms with Gasteiger partial charge in [-0.1, -0.05) is 31.0 Å². The van der Waals surface area contributed by atoms with Crippen molar-refractivity contribution in [2.45, 2.75) is 51.0 Å². The maximum absolute atomic E-state index is 12.4. The normalized spacial score (nSPS) is 22.6. The van der Waals surface area contributed by atoms with Crippen molar-refractivity contribution in [2.75, 3.05) is 0 Å². The topological polar surface area (TPSA) is 46.2 Å². The Kier molecular flexibility index (Phi) is 3.13. The Bertz CT molecular complexity index is 530. The van der Waals surface area contributed by atoms with Gasteiger partial charge in [0.1, 0.15) is 0 Å². The fraction of sp³-hybridized carbons (Fsp3) is 0.500. The number of benzene rings is 1. The molecule has 0 aliphatic heterocycles. The van der Waals surface area contributed by atoms with Gasteiger partial charge in [-0.15, -0.1) is 0 Å². The van der Waals surface area contributed by atoms with E-state index < -0.39 is 0 Å². The molecule has 100 valence electrons. The van der Waals surface area contributed by atoms with Gasteiger partial charge in [0.15, 0.2) is 5.78 Å². The van der Waals surface area contributed by atoms with Crippen molar-refractivity contribution in [3.05, 3.63) is 34.9 Å². The minimum Gasteiger partial charge on any atom is -0.353 e. The average molecular weight is 257 g/mol. The minimum atomic E-state index is -0.274. The van der Waals surface area contributed by atoms with E-state index in [0.717, 1.165) is 29.5 Å². The molecule has 1 fully saturated rings. The number of amides is 1. The lowest BCUT2D eigenvalue weighted by molar-refractivity contribution is -0.123. The van der Waals surface area contributed by atoms with Crippen molar-refractivity contribution in [3.8, 4) is 0 Å². The number of fused-ring (bicyclic) bond motifs is 1. The van der Waals surface area contributed by atoms with Gasteiger partial charge in [0.2, 0.25) is 5.91 Å². The molecule has 2 aliphatic carbocycles. The smallest absolute Gasteiger partial charge is 0.228 e. The van der Waals surface area contributed by atoms with Crippen molar-refractivity contribution in [2.24, 2.45) is 0 Å². The number of Topliss-reactive ketones (excluding diaryl/α,β-unsaturated/α-hetero) is 1. The number of ketones is 1. The lowest BCUT2D eigenvalue weighted by Gasteiger charge is -2.17. The molecule has 1 aromatic carbocycles. The summed E-state index contributed by atoms with van der Waals surface area (Å²) in [7, 11) is 0. The second-order valence-corrected chi connectivity index (χ2v) is 5.71. The summed E-state index contributed by atoms with van der Waals surface area (Å²) < 4.78 is 0. The van der Waals surface area contributed by atoms with Gasteiger partial charge < -0.3 is 5.32 Å². The van der Waals surface area contributed by atoms with Crippen molar-refractivity contribution in [3.63, 3.8) is 0 Å². The molecule has 1 N–H and O–H groups in total. The van der Waals surface area contributed by atoms with E-state index in [0.29, 0.717) is 12.5 Å². The highest BCUT2D eigenvalue weighted by atomic mass is 16.2. The van der Waals surface area contributed by atoms with Gasteiger partial charge in [0.05, 0.1) is 5.92 Å². The highest BCUT2D eigenvalue weighted by molar-refractivity contribution is 6.07. The zero-order valence-corrected chi connectivity index (χ0v) is 11.2. The number of carbonyl (C=O) groups excluding carboxylic acids is 2. The number of rotatable bonds is 2. The van der Waals surface area contributed by atoms with E-state index in [1.54, 1.807) is 0 Å². The molecule has 19 heavy (non-hydrogen) atoms. The Morgan fingerprint density at radius 2 is 2.00 bits per heavy atom. The molecule has 1 unspecified atom stereocenters. The summed E-state index contributed by atoms with van der Waals surface area (Å²) in [5.41, 5.74) is 2.74. The maximum atomic E-state index is 12.4. The number of hydrogen-bond donors (Lipinski definition) is 1. The van der Waals surface area contributed by atoms with E-state index in [1.807, 2.05) is 25.1 Å². The first-order chi connectivity index (χ1) is 9.16. The quantitative estimate of drug-likeness (QED) is 0.885. The Morgan fingerprint density at radius 3 is 2.74 bits per heavy atom. The minimum absolute atomic E-state index is 0.0355. The first-order valence-corrected chi connectivity index (χ1v) is 7.10. The molecule has 3 nitrogen and oxygen atoms in total. The van der Waals surface area contributed by atoms with E-state index in [9.17, 15) is 9.59 Å². The lowest BCUT2D eigenvalue weighted by Crippen LogP contribution is -2.36. The standard InChI is InChI=1S/C16H19NO2/c1-10-5-4-8-12-14(18)9-13(15(10)12)16(19)17-11-6-2-3-7-11/h4-5,8,11,13H,2-3,6-7,9H2,1H3,(H,17,19). The monoisotopic (exact) mass is 257 g/mol. The first-order valence-electron chi connectivity index (χ1n) is 7.10. The third-order valence-electron chi connectivity index (χ3n) is 4.38. The van der Waals surface area contributed by atoms with Crippen LogP contribution in [0.15, 0.2) is 18.2 Å². The molecular formula is C16H19NO2. The van der Waals surface area contributed by atoms with E-state index in [2.05, 4.69) is 5.32 Å². The maximum Gasteiger partial charge on any atom is 0.228 e. The van der Waals surface area contributed by atoms with Crippen molar-refractivity contribution in [1.29, 1.82) is 0 Å². The summed E-state index contributed by atoms with van der Waals surface area (Å²) in [4.78, 5) is 24.4. The Morgan fingerprint density at radius 1 is 1.26 bits per heavy atom. The van der Waals surface area contributed by atoms with Crippen LogP contribution in [0.1, 0.15) is 59.5 Å². The van der Waals surface area contributed by atoms with Crippen LogP contribution in [0.5, 0.6) is 0 Å². The van der Waals surface area contributed by atoms with E-state index in [4.69, 9.17) is 0 Å². The zero-order chi connectivity index (χ0) is 13.4. The molecule has 0 radical (unpaired) electrons. The van der Waals surface area contributed by atoms with Crippen LogP contribution in [0, 0.1) is 6.92 Å². The van der Waals surface area contributed by atoms with Crippen LogP contribution in [0.2, 0.25) is 0 Å². The molecule has 1 aromatic rings. The Labute approximate surface area is 113 Å². The van der Waals surface area contributed by atoms with Crippen molar-refractivity contribution >= 4 is 11.7 Å². The van der Waals surface area contributed by atoms with Crippen LogP contribution < -0.4 is 5.32 Å². The summed E-state index contributed by atoms with van der Waals surface area (Å²) in [6.45, 7) is 1.98. The Balaban J connectivity index is 1.83. The van der Waals surface area contributed by atoms with Crippen molar-refractivity contribution in [1.82, 2.24) is 5.32 Å². The highest BCUT2D eigenvalue weighted by Gasteiger charge is 2.36. The molecule has 2 aliphatic rings. The van der Waals surface area contributed by atoms with Gasteiger partial charge in [0.25, 0.3) is 0 Å². The fourth-order valence-corrected chi connectivity index (χ4v) is 3.38. The number of carbonyl (C=O) groups is 2. The van der Waals surface area contributed by atoms with Crippen LogP contribution in [0.25, 0.3) is 0 Å². The first kappa shape index (κ1) is 12.4. The summed E-state index contributed by atoms with van der Waals surface area (Å²) in [6, 6.07) is 6.03. The Hall–Kier alpha value is -1.64. The number of aryl methyl sites for hydroxylation is 1. The molecule has 1 amide bonds. The molecule has 1 atom stereocenters. The molecular weight excluding hydrogens is 238 g/mol. The van der Waals surface area contributed by atoms with Crippen LogP contribution >= 0.6 is 0 Å². The molecule has 3 rings (SSSR count). The molecule has 0 heterocycles. The third kappa shape index (κ3) is 2.18. The van der Waals surface area contributed by atoms with Gasteiger partial charge >= 0.3 is 0 Å². The molecule has 0 saturated heterocycles. The van der Waals surface area contributed by atoms with Crippen LogP contribution in [0.4, 0.5) is 0 Å². The van der Waals surface area contributed by atoms with E-state index in [-0.39, 0.29) is 17.6 Å². The molecule has 3 heteroatoms. The number of nitrogens with one attached hydrogen (secondary N) is 1. The van der Waals surface area contributed by atoms with Crippen molar-refractivity contribution < 1.29 is 9.59 Å². The molecule has 0 bridgehead atoms. The van der Waals surface area contributed by atoms with Gasteiger partial charge in [-0.25, -0.2) is 0 Å². The SMILES string of the molecule is Cc1cccc2c1C(C(=O)NC1CCCC1)CC2=O. The summed E-state index contributed by atoms with van der Waals surface area (Å²) >= 11 is 0. The fourth-order valence-electron chi connectivity index (χ4n) is 3.38. The van der Waals surface area contributed by atoms with Crippen LogP contribution in [0.3, 0.4) is 0 Å². The summed E-state index contributed by atoms with van der Waals surface area (Å²) in [5.74, 6) is -0.136. The number of hydrogen-bond acceptors (Lipinski definition) is 2. The average Bonchev–Trinajstić information content (AvgIpc) is 2.99. The second-order valence-electron chi connectivity index (χ2n) is 5.71. The molecule has 1 saturated carbocycles. The second kappa shape index (κ2) is 4.80.